The van der Waals surface area contributed by atoms with E-state index in [-0.39, 0.29) is 6.42 Å². The number of carbonyl (C=O) groups is 3. The molecule has 2 amide bonds. The van der Waals surface area contributed by atoms with Crippen LogP contribution >= 0.6 is 0 Å². The molecule has 0 aliphatic carbocycles. The number of nitrogens with zero attached hydrogens (tertiary/aromatic N) is 2. The minimum absolute atomic E-state index is 0.333. The summed E-state index contributed by atoms with van der Waals surface area (Å²) in [5, 5.41) is 2.60. The number of nitrogens with one attached hydrogen (secondary N) is 2. The van der Waals surface area contributed by atoms with Gasteiger partial charge in [-0.25, -0.2) is 14.6 Å². The van der Waals surface area contributed by atoms with E-state index in [1.54, 1.807) is 18.3 Å². The Morgan fingerprint density at radius 1 is 1.27 bits per heavy atom. The Hall–Kier alpha value is -3.56. The summed E-state index contributed by atoms with van der Waals surface area (Å²) in [7, 11) is 3.97. The number of hydrogen-bond donors (Lipinski definition) is 2. The summed E-state index contributed by atoms with van der Waals surface area (Å²) in [6, 6.07) is 5.18. The average molecular weight is 416 g/mol. The molecule has 10 nitrogen and oxygen atoms in total. The summed E-state index contributed by atoms with van der Waals surface area (Å²) < 4.78 is 14.7. The van der Waals surface area contributed by atoms with Crippen molar-refractivity contribution in [3.8, 4) is 5.75 Å². The van der Waals surface area contributed by atoms with Crippen LogP contribution in [0.4, 0.5) is 4.79 Å². The number of amides is 2. The van der Waals surface area contributed by atoms with Crippen molar-refractivity contribution >= 4 is 18.0 Å². The highest BCUT2D eigenvalue weighted by molar-refractivity contribution is 5.87. The van der Waals surface area contributed by atoms with Gasteiger partial charge < -0.3 is 29.4 Å². The zero-order chi connectivity index (χ0) is 21.7. The zero-order valence-corrected chi connectivity index (χ0v) is 17.0. The Labute approximate surface area is 173 Å². The minimum Gasteiger partial charge on any atom is -0.497 e. The van der Waals surface area contributed by atoms with Gasteiger partial charge in [0.2, 0.25) is 0 Å². The first-order valence-corrected chi connectivity index (χ1v) is 9.36. The van der Waals surface area contributed by atoms with Gasteiger partial charge in [-0.2, -0.15) is 0 Å². The molecule has 2 aromatic rings. The van der Waals surface area contributed by atoms with E-state index < -0.39 is 30.1 Å². The monoisotopic (exact) mass is 416 g/mol. The molecule has 1 aromatic carbocycles. The average Bonchev–Trinajstić information content (AvgIpc) is 3.26. The first-order chi connectivity index (χ1) is 14.5. The number of carbonyl (C=O) groups excluding carboxylic acids is 3. The van der Waals surface area contributed by atoms with Crippen LogP contribution in [-0.4, -0.2) is 66.8 Å². The maximum absolute atomic E-state index is 13.2. The van der Waals surface area contributed by atoms with E-state index >= 15 is 0 Å². The van der Waals surface area contributed by atoms with E-state index in [0.717, 1.165) is 11.3 Å². The van der Waals surface area contributed by atoms with E-state index in [4.69, 9.17) is 9.47 Å². The second kappa shape index (κ2) is 9.29. The Balaban J connectivity index is 1.90. The number of H-pyrrole nitrogens is 1. The van der Waals surface area contributed by atoms with Crippen molar-refractivity contribution in [2.75, 3.05) is 27.9 Å². The SMILES string of the molecule is COC(=O)C[C@H](NC(=O)N1CCc2[nH]cnc2[C@@H]1c1cccc(OC)c1)C(=O)OC. The smallest absolute Gasteiger partial charge is 0.329 e. The van der Waals surface area contributed by atoms with Crippen LogP contribution in [0.15, 0.2) is 30.6 Å². The lowest BCUT2D eigenvalue weighted by Gasteiger charge is -2.36. The van der Waals surface area contributed by atoms with Crippen LogP contribution in [0.5, 0.6) is 5.75 Å². The summed E-state index contributed by atoms with van der Waals surface area (Å²) in [4.78, 5) is 46.0. The summed E-state index contributed by atoms with van der Waals surface area (Å²) in [6.07, 6.45) is 1.83. The maximum atomic E-state index is 13.2. The topological polar surface area (TPSA) is 123 Å². The third kappa shape index (κ3) is 4.37. The van der Waals surface area contributed by atoms with Crippen LogP contribution in [-0.2, 0) is 25.5 Å². The molecule has 2 heterocycles. The Bertz CT molecular complexity index is 928. The van der Waals surface area contributed by atoms with Gasteiger partial charge in [-0.15, -0.1) is 0 Å². The summed E-state index contributed by atoms with van der Waals surface area (Å²) in [5.41, 5.74) is 2.46. The van der Waals surface area contributed by atoms with Crippen molar-refractivity contribution in [1.82, 2.24) is 20.2 Å². The second-order valence-electron chi connectivity index (χ2n) is 6.69. The normalized spacial score (nSPS) is 16.2. The number of aromatic amines is 1. The highest BCUT2D eigenvalue weighted by atomic mass is 16.5. The van der Waals surface area contributed by atoms with Crippen molar-refractivity contribution < 1.29 is 28.6 Å². The van der Waals surface area contributed by atoms with Crippen LogP contribution in [0.3, 0.4) is 0 Å². The first-order valence-electron chi connectivity index (χ1n) is 9.36. The van der Waals surface area contributed by atoms with Gasteiger partial charge in [0, 0.05) is 18.7 Å². The quantitative estimate of drug-likeness (QED) is 0.678. The van der Waals surface area contributed by atoms with Gasteiger partial charge in [0.05, 0.1) is 39.8 Å². The molecule has 0 bridgehead atoms. The molecule has 1 aromatic heterocycles. The third-order valence-electron chi connectivity index (χ3n) is 4.98. The molecular formula is C20H24N4O6. The Morgan fingerprint density at radius 2 is 2.07 bits per heavy atom. The fourth-order valence-electron chi connectivity index (χ4n) is 3.46. The predicted molar refractivity (Wildman–Crippen MR) is 105 cm³/mol. The summed E-state index contributed by atoms with van der Waals surface area (Å²) in [5.74, 6) is -0.721. The van der Waals surface area contributed by atoms with Gasteiger partial charge in [0.1, 0.15) is 17.8 Å². The van der Waals surface area contributed by atoms with Crippen molar-refractivity contribution in [3.63, 3.8) is 0 Å². The molecule has 3 rings (SSSR count). The zero-order valence-electron chi connectivity index (χ0n) is 17.0. The molecule has 0 fully saturated rings. The molecule has 2 atom stereocenters. The standard InChI is InChI=1S/C20H24N4O6/c1-28-13-6-4-5-12(9-13)18-17-14(21-11-22-17)7-8-24(18)20(27)23-15(19(26)30-3)10-16(25)29-2/h4-6,9,11,15,18H,7-8,10H2,1-3H3,(H,21,22)(H,23,27)/t15-,18-/m0/s1. The lowest BCUT2D eigenvalue weighted by Crippen LogP contribution is -2.52. The number of fused-ring (bicyclic) bond motifs is 1. The van der Waals surface area contributed by atoms with Gasteiger partial charge >= 0.3 is 18.0 Å². The number of rotatable bonds is 6. The molecule has 160 valence electrons. The lowest BCUT2D eigenvalue weighted by molar-refractivity contribution is -0.149. The number of imidazole rings is 1. The Kier molecular flexibility index (Phi) is 6.55. The van der Waals surface area contributed by atoms with Crippen LogP contribution in [0.1, 0.15) is 29.4 Å². The van der Waals surface area contributed by atoms with Crippen molar-refractivity contribution in [3.05, 3.63) is 47.5 Å². The van der Waals surface area contributed by atoms with E-state index in [2.05, 4.69) is 20.0 Å². The molecule has 10 heteroatoms. The van der Waals surface area contributed by atoms with Crippen LogP contribution in [0.25, 0.3) is 0 Å². The van der Waals surface area contributed by atoms with Crippen LogP contribution in [0.2, 0.25) is 0 Å². The number of aromatic nitrogens is 2. The highest BCUT2D eigenvalue weighted by Crippen LogP contribution is 2.34. The summed E-state index contributed by atoms with van der Waals surface area (Å²) in [6.45, 7) is 0.384. The van der Waals surface area contributed by atoms with Gasteiger partial charge in [-0.05, 0) is 17.7 Å². The molecular weight excluding hydrogens is 392 g/mol. The third-order valence-corrected chi connectivity index (χ3v) is 4.98. The predicted octanol–water partition coefficient (Wildman–Crippen LogP) is 1.18. The fraction of sp³-hybridized carbons (Fsp3) is 0.400. The number of esters is 2. The maximum Gasteiger partial charge on any atom is 0.329 e. The Morgan fingerprint density at radius 3 is 2.77 bits per heavy atom. The molecule has 1 aliphatic heterocycles. The molecule has 0 radical (unpaired) electrons. The summed E-state index contributed by atoms with van der Waals surface area (Å²) >= 11 is 0. The first kappa shape index (κ1) is 21.2. The van der Waals surface area contributed by atoms with E-state index in [9.17, 15) is 14.4 Å². The number of ether oxygens (including phenoxy) is 3. The van der Waals surface area contributed by atoms with Gasteiger partial charge in [-0.1, -0.05) is 12.1 Å². The number of benzene rings is 1. The van der Waals surface area contributed by atoms with Crippen molar-refractivity contribution in [2.45, 2.75) is 24.9 Å². The van der Waals surface area contributed by atoms with Crippen LogP contribution in [0, 0.1) is 0 Å². The number of hydrogen-bond acceptors (Lipinski definition) is 7. The van der Waals surface area contributed by atoms with E-state index in [1.807, 2.05) is 24.3 Å². The van der Waals surface area contributed by atoms with Gasteiger partial charge in [0.25, 0.3) is 0 Å². The minimum atomic E-state index is -1.17. The molecule has 0 saturated carbocycles. The van der Waals surface area contributed by atoms with E-state index in [0.29, 0.717) is 24.4 Å². The fourth-order valence-corrected chi connectivity index (χ4v) is 3.46. The number of urea groups is 1. The molecule has 0 unspecified atom stereocenters. The molecule has 2 N–H and O–H groups in total. The lowest BCUT2D eigenvalue weighted by atomic mass is 9.95. The van der Waals surface area contributed by atoms with Crippen molar-refractivity contribution in [1.29, 1.82) is 0 Å². The van der Waals surface area contributed by atoms with Gasteiger partial charge in [0.15, 0.2) is 0 Å². The highest BCUT2D eigenvalue weighted by Gasteiger charge is 2.36. The molecule has 0 saturated heterocycles. The molecule has 1 aliphatic rings. The largest absolute Gasteiger partial charge is 0.497 e. The van der Waals surface area contributed by atoms with Crippen molar-refractivity contribution in [2.24, 2.45) is 0 Å². The second-order valence-corrected chi connectivity index (χ2v) is 6.69. The van der Waals surface area contributed by atoms with Gasteiger partial charge in [-0.3, -0.25) is 4.79 Å². The molecule has 0 spiro atoms. The van der Waals surface area contributed by atoms with E-state index in [1.165, 1.54) is 14.2 Å². The van der Waals surface area contributed by atoms with Crippen LogP contribution < -0.4 is 10.1 Å². The number of methoxy groups -OCH3 is 3. The molecule has 30 heavy (non-hydrogen) atoms.